The second kappa shape index (κ2) is 5.78. The third kappa shape index (κ3) is 2.47. The number of aromatic amines is 2. The number of likely N-dealkylation sites (tertiary alicyclic amines) is 1. The van der Waals surface area contributed by atoms with E-state index in [1.165, 1.54) is 64.4 Å². The van der Waals surface area contributed by atoms with Crippen molar-refractivity contribution in [3.05, 3.63) is 60.4 Å². The quantitative estimate of drug-likeness (QED) is 0.525. The molecule has 4 aromatic rings. The van der Waals surface area contributed by atoms with Crippen LogP contribution in [0, 0.1) is 0 Å². The van der Waals surface area contributed by atoms with Crippen LogP contribution in [0.15, 0.2) is 54.9 Å². The zero-order valence-corrected chi connectivity index (χ0v) is 14.5. The number of H-pyrrole nitrogens is 2. The third-order valence-electron chi connectivity index (χ3n) is 5.77. The highest BCUT2D eigenvalue weighted by Crippen LogP contribution is 2.36. The Morgan fingerprint density at radius 3 is 2.52 bits per heavy atom. The molecule has 2 aromatic heterocycles. The fraction of sp³-hybridized carbons (Fsp3) is 0.273. The number of aromatic nitrogens is 2. The first-order valence-corrected chi connectivity index (χ1v) is 9.15. The number of fused-ring (bicyclic) bond motifs is 2. The van der Waals surface area contributed by atoms with E-state index in [4.69, 9.17) is 0 Å². The summed E-state index contributed by atoms with van der Waals surface area (Å²) < 4.78 is 0. The molecule has 1 aliphatic rings. The molecule has 2 aromatic carbocycles. The SMILES string of the molecule is CN1CCC(c2c[nH]c3ccc(-c4c[nH]c5ccccc45)cc23)CC1. The van der Waals surface area contributed by atoms with E-state index in [1.807, 2.05) is 0 Å². The lowest BCUT2D eigenvalue weighted by molar-refractivity contribution is 0.256. The smallest absolute Gasteiger partial charge is 0.0460 e. The Bertz CT molecular complexity index is 1030. The zero-order valence-electron chi connectivity index (χ0n) is 14.5. The highest BCUT2D eigenvalue weighted by Gasteiger charge is 2.21. The average Bonchev–Trinajstić information content (AvgIpc) is 3.26. The summed E-state index contributed by atoms with van der Waals surface area (Å²) in [5.41, 5.74) is 6.51. The van der Waals surface area contributed by atoms with Gasteiger partial charge in [0.25, 0.3) is 0 Å². The fourth-order valence-corrected chi connectivity index (χ4v) is 4.28. The summed E-state index contributed by atoms with van der Waals surface area (Å²) in [6.45, 7) is 2.39. The Balaban J connectivity index is 1.60. The summed E-state index contributed by atoms with van der Waals surface area (Å²) >= 11 is 0. The molecule has 3 heteroatoms. The van der Waals surface area contributed by atoms with Crippen molar-refractivity contribution < 1.29 is 0 Å². The Hall–Kier alpha value is -2.52. The third-order valence-corrected chi connectivity index (χ3v) is 5.77. The maximum absolute atomic E-state index is 3.48. The summed E-state index contributed by atoms with van der Waals surface area (Å²) in [5.74, 6) is 0.670. The Morgan fingerprint density at radius 1 is 0.880 bits per heavy atom. The second-order valence-corrected chi connectivity index (χ2v) is 7.33. The molecule has 0 aliphatic carbocycles. The van der Waals surface area contributed by atoms with Crippen LogP contribution in [0.4, 0.5) is 0 Å². The maximum Gasteiger partial charge on any atom is 0.0460 e. The van der Waals surface area contributed by atoms with Gasteiger partial charge in [-0.25, -0.2) is 0 Å². The molecule has 25 heavy (non-hydrogen) atoms. The van der Waals surface area contributed by atoms with Crippen molar-refractivity contribution in [2.24, 2.45) is 0 Å². The summed E-state index contributed by atoms with van der Waals surface area (Å²) in [5, 5.41) is 2.68. The highest BCUT2D eigenvalue weighted by molar-refractivity contribution is 5.98. The first-order valence-electron chi connectivity index (χ1n) is 9.15. The Labute approximate surface area is 147 Å². The van der Waals surface area contributed by atoms with Gasteiger partial charge in [0.2, 0.25) is 0 Å². The van der Waals surface area contributed by atoms with Crippen molar-refractivity contribution in [1.82, 2.24) is 14.9 Å². The van der Waals surface area contributed by atoms with Gasteiger partial charge < -0.3 is 14.9 Å². The van der Waals surface area contributed by atoms with Gasteiger partial charge in [-0.2, -0.15) is 0 Å². The lowest BCUT2D eigenvalue weighted by Gasteiger charge is -2.28. The van der Waals surface area contributed by atoms with Gasteiger partial charge in [0.05, 0.1) is 0 Å². The van der Waals surface area contributed by atoms with Crippen molar-refractivity contribution in [3.63, 3.8) is 0 Å². The lowest BCUT2D eigenvalue weighted by Crippen LogP contribution is -2.29. The van der Waals surface area contributed by atoms with E-state index < -0.39 is 0 Å². The molecule has 0 amide bonds. The van der Waals surface area contributed by atoms with Crippen molar-refractivity contribution in [2.45, 2.75) is 18.8 Å². The molecule has 0 spiro atoms. The fourth-order valence-electron chi connectivity index (χ4n) is 4.28. The number of benzene rings is 2. The molecule has 2 N–H and O–H groups in total. The van der Waals surface area contributed by atoms with Crippen LogP contribution in [-0.4, -0.2) is 35.0 Å². The molecular weight excluding hydrogens is 306 g/mol. The van der Waals surface area contributed by atoms with Gasteiger partial charge in [0, 0.05) is 39.8 Å². The largest absolute Gasteiger partial charge is 0.361 e. The first kappa shape index (κ1) is 14.8. The molecule has 126 valence electrons. The Kier molecular flexibility index (Phi) is 3.42. The molecule has 0 bridgehead atoms. The van der Waals surface area contributed by atoms with Crippen LogP contribution in [0.5, 0.6) is 0 Å². The predicted octanol–water partition coefficient (Wildman–Crippen LogP) is 5.13. The number of nitrogens with one attached hydrogen (secondary N) is 2. The molecule has 3 nitrogen and oxygen atoms in total. The van der Waals surface area contributed by atoms with Crippen LogP contribution in [0.25, 0.3) is 32.9 Å². The normalized spacial score (nSPS) is 16.8. The highest BCUT2D eigenvalue weighted by atomic mass is 15.1. The molecule has 0 unspecified atom stereocenters. The summed E-state index contributed by atoms with van der Waals surface area (Å²) in [6.07, 6.45) is 6.87. The zero-order chi connectivity index (χ0) is 16.8. The molecular formula is C22H23N3. The van der Waals surface area contributed by atoms with E-state index in [0.717, 1.165) is 0 Å². The van der Waals surface area contributed by atoms with Crippen LogP contribution in [0.1, 0.15) is 24.3 Å². The van der Waals surface area contributed by atoms with Gasteiger partial charge in [-0.1, -0.05) is 24.3 Å². The summed E-state index contributed by atoms with van der Waals surface area (Å²) in [4.78, 5) is 9.32. The van der Waals surface area contributed by atoms with Crippen LogP contribution in [0.3, 0.4) is 0 Å². The van der Waals surface area contributed by atoms with Crippen molar-refractivity contribution in [1.29, 1.82) is 0 Å². The second-order valence-electron chi connectivity index (χ2n) is 7.33. The molecule has 1 saturated heterocycles. The van der Waals surface area contributed by atoms with Gasteiger partial charge in [-0.05, 0) is 68.2 Å². The topological polar surface area (TPSA) is 34.8 Å². The predicted molar refractivity (Wildman–Crippen MR) is 105 cm³/mol. The van der Waals surface area contributed by atoms with Gasteiger partial charge in [0.15, 0.2) is 0 Å². The van der Waals surface area contributed by atoms with Gasteiger partial charge in [-0.15, -0.1) is 0 Å². The number of nitrogens with zero attached hydrogens (tertiary/aromatic N) is 1. The molecule has 5 rings (SSSR count). The van der Waals surface area contributed by atoms with Crippen molar-refractivity contribution in [3.8, 4) is 11.1 Å². The van der Waals surface area contributed by atoms with E-state index in [1.54, 1.807) is 0 Å². The van der Waals surface area contributed by atoms with E-state index in [-0.39, 0.29) is 0 Å². The number of rotatable bonds is 2. The molecule has 0 saturated carbocycles. The Morgan fingerprint density at radius 2 is 1.64 bits per heavy atom. The monoisotopic (exact) mass is 329 g/mol. The van der Waals surface area contributed by atoms with Crippen LogP contribution < -0.4 is 0 Å². The van der Waals surface area contributed by atoms with E-state index in [2.05, 4.69) is 76.8 Å². The molecule has 0 radical (unpaired) electrons. The number of piperidine rings is 1. The standard InChI is InChI=1S/C22H23N3/c1-25-10-8-15(9-11-25)19-13-24-22-7-6-16(12-18(19)22)20-14-23-21-5-3-2-4-17(20)21/h2-7,12-15,23-24H,8-11H2,1H3. The van der Waals surface area contributed by atoms with E-state index in [0.29, 0.717) is 5.92 Å². The van der Waals surface area contributed by atoms with Crippen LogP contribution >= 0.6 is 0 Å². The molecule has 1 fully saturated rings. The average molecular weight is 329 g/mol. The van der Waals surface area contributed by atoms with Gasteiger partial charge >= 0.3 is 0 Å². The maximum atomic E-state index is 3.48. The molecule has 1 aliphatic heterocycles. The van der Waals surface area contributed by atoms with Crippen LogP contribution in [0.2, 0.25) is 0 Å². The number of para-hydroxylation sites is 1. The minimum Gasteiger partial charge on any atom is -0.361 e. The molecule has 3 heterocycles. The minimum absolute atomic E-state index is 0.670. The number of hydrogen-bond acceptors (Lipinski definition) is 1. The van der Waals surface area contributed by atoms with Gasteiger partial charge in [-0.3, -0.25) is 0 Å². The summed E-state index contributed by atoms with van der Waals surface area (Å²) in [6, 6.07) is 15.3. The van der Waals surface area contributed by atoms with E-state index in [9.17, 15) is 0 Å². The first-order chi connectivity index (χ1) is 12.3. The van der Waals surface area contributed by atoms with Crippen molar-refractivity contribution in [2.75, 3.05) is 20.1 Å². The van der Waals surface area contributed by atoms with E-state index >= 15 is 0 Å². The van der Waals surface area contributed by atoms with Gasteiger partial charge in [0.1, 0.15) is 0 Å². The molecule has 0 atom stereocenters. The minimum atomic E-state index is 0.670. The van der Waals surface area contributed by atoms with Crippen LogP contribution in [-0.2, 0) is 0 Å². The summed E-state index contributed by atoms with van der Waals surface area (Å²) in [7, 11) is 2.22. The van der Waals surface area contributed by atoms with Crippen molar-refractivity contribution >= 4 is 21.8 Å². The lowest BCUT2D eigenvalue weighted by atomic mass is 9.89. The number of hydrogen-bond donors (Lipinski definition) is 2.